The fourth-order valence-corrected chi connectivity index (χ4v) is 5.86. The number of benzene rings is 2. The second-order valence-electron chi connectivity index (χ2n) is 7.11. The van der Waals surface area contributed by atoms with Gasteiger partial charge in [-0.05, 0) is 36.3 Å². The highest BCUT2D eigenvalue weighted by Crippen LogP contribution is 2.49. The zero-order valence-electron chi connectivity index (χ0n) is 13.5. The first-order valence-electron chi connectivity index (χ1n) is 8.72. The SMILES string of the molecule is C1=CC2(CO[SiH2]C(c3ccccc3)c3ccccc3)CCC1C2. The lowest BCUT2D eigenvalue weighted by atomic mass is 9.89. The molecule has 2 aromatic carbocycles. The van der Waals surface area contributed by atoms with Gasteiger partial charge in [0.15, 0.2) is 9.76 Å². The smallest absolute Gasteiger partial charge is 0.173 e. The van der Waals surface area contributed by atoms with Crippen LogP contribution in [0.5, 0.6) is 0 Å². The molecule has 1 nitrogen and oxygen atoms in total. The number of hydrogen-bond acceptors (Lipinski definition) is 1. The molecule has 2 bridgehead atoms. The van der Waals surface area contributed by atoms with Crippen LogP contribution in [-0.4, -0.2) is 16.4 Å². The van der Waals surface area contributed by atoms with E-state index in [4.69, 9.17) is 4.43 Å². The second kappa shape index (κ2) is 6.46. The molecule has 1 fully saturated rings. The third-order valence-electron chi connectivity index (χ3n) is 5.48. The molecule has 0 heterocycles. The van der Waals surface area contributed by atoms with E-state index in [1.165, 1.54) is 30.4 Å². The molecule has 0 aromatic heterocycles. The average molecular weight is 321 g/mol. The predicted octanol–water partition coefficient (Wildman–Crippen LogP) is 4.23. The third kappa shape index (κ3) is 3.19. The third-order valence-corrected chi connectivity index (χ3v) is 7.20. The number of fused-ring (bicyclic) bond motifs is 2. The van der Waals surface area contributed by atoms with Crippen LogP contribution in [0.1, 0.15) is 35.9 Å². The first-order chi connectivity index (χ1) is 11.3. The highest BCUT2D eigenvalue weighted by molar-refractivity contribution is 6.31. The Labute approximate surface area is 141 Å². The first-order valence-corrected chi connectivity index (χ1v) is 10.1. The van der Waals surface area contributed by atoms with Crippen molar-refractivity contribution in [3.63, 3.8) is 0 Å². The fraction of sp³-hybridized carbons (Fsp3) is 0.333. The van der Waals surface area contributed by atoms with Gasteiger partial charge in [0.25, 0.3) is 0 Å². The molecule has 4 rings (SSSR count). The van der Waals surface area contributed by atoms with E-state index in [0.717, 1.165) is 12.5 Å². The molecule has 1 saturated carbocycles. The topological polar surface area (TPSA) is 9.23 Å². The quantitative estimate of drug-likeness (QED) is 0.571. The minimum Gasteiger partial charge on any atom is -0.422 e. The van der Waals surface area contributed by atoms with Crippen LogP contribution in [-0.2, 0) is 4.43 Å². The summed E-state index contributed by atoms with van der Waals surface area (Å²) in [6.07, 6.45) is 8.87. The van der Waals surface area contributed by atoms with Gasteiger partial charge in [0.05, 0.1) is 0 Å². The van der Waals surface area contributed by atoms with Crippen molar-refractivity contribution < 1.29 is 4.43 Å². The van der Waals surface area contributed by atoms with Crippen LogP contribution < -0.4 is 0 Å². The monoisotopic (exact) mass is 320 g/mol. The van der Waals surface area contributed by atoms with E-state index in [2.05, 4.69) is 72.8 Å². The summed E-state index contributed by atoms with van der Waals surface area (Å²) in [7, 11) is -0.667. The van der Waals surface area contributed by atoms with Crippen LogP contribution in [0, 0.1) is 11.3 Å². The maximum Gasteiger partial charge on any atom is 0.173 e. The van der Waals surface area contributed by atoms with Crippen LogP contribution in [0.3, 0.4) is 0 Å². The van der Waals surface area contributed by atoms with Gasteiger partial charge in [-0.2, -0.15) is 0 Å². The summed E-state index contributed by atoms with van der Waals surface area (Å²) >= 11 is 0. The van der Waals surface area contributed by atoms with Crippen molar-refractivity contribution in [2.45, 2.75) is 24.8 Å². The maximum absolute atomic E-state index is 6.40. The summed E-state index contributed by atoms with van der Waals surface area (Å²) in [4.78, 5) is 0. The molecule has 0 spiro atoms. The molecule has 2 atom stereocenters. The van der Waals surface area contributed by atoms with Gasteiger partial charge in [-0.15, -0.1) is 0 Å². The molecule has 2 aromatic rings. The Bertz CT molecular complexity index is 627. The van der Waals surface area contributed by atoms with Gasteiger partial charge in [-0.1, -0.05) is 72.8 Å². The van der Waals surface area contributed by atoms with E-state index in [1.807, 2.05) is 0 Å². The molecule has 2 aliphatic rings. The molecule has 0 radical (unpaired) electrons. The van der Waals surface area contributed by atoms with Crippen LogP contribution in [0.2, 0.25) is 0 Å². The van der Waals surface area contributed by atoms with Crippen molar-refractivity contribution in [1.82, 2.24) is 0 Å². The molecular weight excluding hydrogens is 296 g/mol. The van der Waals surface area contributed by atoms with Crippen LogP contribution in [0.15, 0.2) is 72.8 Å². The predicted molar refractivity (Wildman–Crippen MR) is 98.1 cm³/mol. The van der Waals surface area contributed by atoms with Gasteiger partial charge < -0.3 is 4.43 Å². The van der Waals surface area contributed by atoms with E-state index in [9.17, 15) is 0 Å². The largest absolute Gasteiger partial charge is 0.422 e. The summed E-state index contributed by atoms with van der Waals surface area (Å²) in [5.74, 6) is 0.833. The van der Waals surface area contributed by atoms with Crippen molar-refractivity contribution in [3.05, 3.63) is 83.9 Å². The summed E-state index contributed by atoms with van der Waals surface area (Å²) in [6, 6.07) is 21.7. The van der Waals surface area contributed by atoms with E-state index in [-0.39, 0.29) is 0 Å². The summed E-state index contributed by atoms with van der Waals surface area (Å²) in [5.41, 5.74) is 3.62. The molecule has 2 heteroatoms. The van der Waals surface area contributed by atoms with E-state index in [1.54, 1.807) is 0 Å². The van der Waals surface area contributed by atoms with Gasteiger partial charge in [0.1, 0.15) is 0 Å². The molecule has 2 unspecified atom stereocenters. The normalized spacial score (nSPS) is 25.9. The molecule has 0 aliphatic heterocycles. The highest BCUT2D eigenvalue weighted by Gasteiger charge is 2.40. The summed E-state index contributed by atoms with van der Waals surface area (Å²) < 4.78 is 6.40. The Morgan fingerprint density at radius 3 is 2.13 bits per heavy atom. The zero-order chi connectivity index (χ0) is 15.5. The van der Waals surface area contributed by atoms with Crippen molar-refractivity contribution in [3.8, 4) is 0 Å². The molecule has 23 heavy (non-hydrogen) atoms. The Hall–Kier alpha value is -1.64. The van der Waals surface area contributed by atoms with Crippen molar-refractivity contribution in [1.29, 1.82) is 0 Å². The lowest BCUT2D eigenvalue weighted by Crippen LogP contribution is -2.24. The Morgan fingerprint density at radius 2 is 1.65 bits per heavy atom. The van der Waals surface area contributed by atoms with Gasteiger partial charge in [-0.3, -0.25) is 0 Å². The van der Waals surface area contributed by atoms with Crippen LogP contribution >= 0.6 is 0 Å². The van der Waals surface area contributed by atoms with E-state index >= 15 is 0 Å². The van der Waals surface area contributed by atoms with Crippen molar-refractivity contribution >= 4 is 9.76 Å². The molecular formula is C21H24OSi. The molecule has 2 aliphatic carbocycles. The van der Waals surface area contributed by atoms with Crippen LogP contribution in [0.4, 0.5) is 0 Å². The van der Waals surface area contributed by atoms with Crippen LogP contribution in [0.25, 0.3) is 0 Å². The zero-order valence-corrected chi connectivity index (χ0v) is 14.9. The Balaban J connectivity index is 1.47. The molecule has 0 amide bonds. The van der Waals surface area contributed by atoms with E-state index < -0.39 is 9.76 Å². The minimum absolute atomic E-state index is 0.371. The fourth-order valence-electron chi connectivity index (χ4n) is 4.17. The Kier molecular flexibility index (Phi) is 4.19. The van der Waals surface area contributed by atoms with E-state index in [0.29, 0.717) is 11.0 Å². The van der Waals surface area contributed by atoms with Gasteiger partial charge >= 0.3 is 0 Å². The lowest BCUT2D eigenvalue weighted by molar-refractivity contribution is 0.203. The standard InChI is InChI=1S/C21H24OSi/c1-3-7-18(8-4-1)20(19-9-5-2-6-10-19)23-22-16-21-13-11-17(15-21)12-14-21/h1-11,13,17,20H,12,14-16,23H2. The first kappa shape index (κ1) is 14.9. The summed E-state index contributed by atoms with van der Waals surface area (Å²) in [6.45, 7) is 0.933. The maximum atomic E-state index is 6.40. The average Bonchev–Trinajstić information content (AvgIpc) is 3.21. The Morgan fingerprint density at radius 1 is 1.00 bits per heavy atom. The van der Waals surface area contributed by atoms with Gasteiger partial charge in [0.2, 0.25) is 0 Å². The number of allylic oxidation sites excluding steroid dienone is 1. The molecule has 118 valence electrons. The number of hydrogen-bond donors (Lipinski definition) is 0. The highest BCUT2D eigenvalue weighted by atomic mass is 28.2. The van der Waals surface area contributed by atoms with Crippen molar-refractivity contribution in [2.75, 3.05) is 6.61 Å². The van der Waals surface area contributed by atoms with Gasteiger partial charge in [0, 0.05) is 17.6 Å². The lowest BCUT2D eigenvalue weighted by Gasteiger charge is -2.25. The number of rotatable bonds is 6. The minimum atomic E-state index is -0.667. The molecule has 0 N–H and O–H groups in total. The second-order valence-corrected chi connectivity index (χ2v) is 8.67. The van der Waals surface area contributed by atoms with Crippen molar-refractivity contribution in [2.24, 2.45) is 11.3 Å². The van der Waals surface area contributed by atoms with Gasteiger partial charge in [-0.25, -0.2) is 0 Å². The summed E-state index contributed by atoms with van der Waals surface area (Å²) in [5, 5.41) is 0. The molecule has 0 saturated heterocycles.